The molecule has 27 heavy (non-hydrogen) atoms. The number of nitrogens with zero attached hydrogens (tertiary/aromatic N) is 1. The van der Waals surface area contributed by atoms with E-state index >= 15 is 0 Å². The first-order valence-electron chi connectivity index (χ1n) is 7.93. The average Bonchev–Trinajstić information content (AvgIpc) is 3.14. The van der Waals surface area contributed by atoms with Gasteiger partial charge in [-0.1, -0.05) is 11.2 Å². The molecule has 1 heterocycles. The Morgan fingerprint density at radius 1 is 1.07 bits per heavy atom. The zero-order valence-corrected chi connectivity index (χ0v) is 14.6. The van der Waals surface area contributed by atoms with E-state index in [0.29, 0.717) is 28.5 Å². The highest BCUT2D eigenvalue weighted by molar-refractivity contribution is 5.94. The van der Waals surface area contributed by atoms with E-state index in [1.54, 1.807) is 24.3 Å². The fourth-order valence-corrected chi connectivity index (χ4v) is 2.49. The maximum absolute atomic E-state index is 13.6. The summed E-state index contributed by atoms with van der Waals surface area (Å²) in [5, 5.41) is 6.27. The van der Waals surface area contributed by atoms with Gasteiger partial charge in [-0.05, 0) is 30.3 Å². The molecular weight excluding hydrogens is 358 g/mol. The molecule has 0 aliphatic carbocycles. The molecule has 0 fully saturated rings. The third kappa shape index (κ3) is 3.89. The minimum Gasteiger partial charge on any atom is -0.493 e. The number of rotatable bonds is 6. The molecule has 0 aliphatic rings. The Morgan fingerprint density at radius 3 is 2.44 bits per heavy atom. The van der Waals surface area contributed by atoms with Gasteiger partial charge in [0.15, 0.2) is 17.3 Å². The predicted molar refractivity (Wildman–Crippen MR) is 92.6 cm³/mol. The molecule has 140 valence electrons. The van der Waals surface area contributed by atoms with Gasteiger partial charge < -0.3 is 19.3 Å². The smallest absolute Gasteiger partial charge is 0.257 e. The van der Waals surface area contributed by atoms with E-state index in [1.165, 1.54) is 20.3 Å². The summed E-state index contributed by atoms with van der Waals surface area (Å²) in [7, 11) is 3.05. The molecule has 3 rings (SSSR count). The maximum atomic E-state index is 13.6. The van der Waals surface area contributed by atoms with Crippen LogP contribution in [0.3, 0.4) is 0 Å². The van der Waals surface area contributed by atoms with Gasteiger partial charge in [0.05, 0.1) is 20.8 Å². The van der Waals surface area contributed by atoms with Crippen LogP contribution in [-0.4, -0.2) is 25.3 Å². The van der Waals surface area contributed by atoms with Crippen molar-refractivity contribution in [2.24, 2.45) is 0 Å². The van der Waals surface area contributed by atoms with Crippen molar-refractivity contribution in [3.8, 4) is 22.8 Å². The van der Waals surface area contributed by atoms with Gasteiger partial charge in [0.1, 0.15) is 22.9 Å². The Labute approximate surface area is 153 Å². The number of aromatic nitrogens is 1. The molecule has 0 spiro atoms. The summed E-state index contributed by atoms with van der Waals surface area (Å²) in [5.74, 6) is -1.20. The lowest BCUT2D eigenvalue weighted by Gasteiger charge is -2.07. The van der Waals surface area contributed by atoms with Crippen molar-refractivity contribution in [1.29, 1.82) is 0 Å². The minimum absolute atomic E-state index is 0.0522. The summed E-state index contributed by atoms with van der Waals surface area (Å²) in [4.78, 5) is 12.0. The molecule has 1 N–H and O–H groups in total. The van der Waals surface area contributed by atoms with Crippen LogP contribution in [-0.2, 0) is 6.54 Å². The molecule has 0 saturated heterocycles. The third-order valence-corrected chi connectivity index (χ3v) is 3.85. The highest BCUT2D eigenvalue weighted by Crippen LogP contribution is 2.32. The van der Waals surface area contributed by atoms with Crippen molar-refractivity contribution in [3.05, 3.63) is 65.4 Å². The number of amides is 1. The normalized spacial score (nSPS) is 10.5. The molecule has 1 amide bonds. The van der Waals surface area contributed by atoms with Gasteiger partial charge in [0.2, 0.25) is 0 Å². The van der Waals surface area contributed by atoms with Gasteiger partial charge in [-0.15, -0.1) is 0 Å². The highest BCUT2D eigenvalue weighted by atomic mass is 19.1. The molecule has 0 unspecified atom stereocenters. The molecular formula is C19H16F2N2O4. The van der Waals surface area contributed by atoms with Crippen molar-refractivity contribution in [2.75, 3.05) is 14.2 Å². The summed E-state index contributed by atoms with van der Waals surface area (Å²) in [6.45, 7) is -0.0522. The molecule has 1 aromatic heterocycles. The number of hydrogen-bond acceptors (Lipinski definition) is 5. The van der Waals surface area contributed by atoms with E-state index < -0.39 is 23.1 Å². The zero-order valence-electron chi connectivity index (χ0n) is 14.6. The van der Waals surface area contributed by atoms with Gasteiger partial charge in [0, 0.05) is 11.6 Å². The summed E-state index contributed by atoms with van der Waals surface area (Å²) < 4.78 is 42.9. The number of methoxy groups -OCH3 is 2. The van der Waals surface area contributed by atoms with E-state index in [2.05, 4.69) is 10.5 Å². The second-order valence-electron chi connectivity index (χ2n) is 5.53. The second kappa shape index (κ2) is 7.86. The number of carbonyl (C=O) groups is 1. The largest absolute Gasteiger partial charge is 0.493 e. The van der Waals surface area contributed by atoms with Crippen LogP contribution in [0, 0.1) is 11.6 Å². The van der Waals surface area contributed by atoms with E-state index in [1.807, 2.05) is 0 Å². The predicted octanol–water partition coefficient (Wildman–Crippen LogP) is 3.57. The SMILES string of the molecule is COc1ccc(-c2cc(CNC(=O)c3c(F)cccc3F)no2)cc1OC. The minimum atomic E-state index is -0.932. The molecule has 0 bridgehead atoms. The van der Waals surface area contributed by atoms with Crippen LogP contribution < -0.4 is 14.8 Å². The molecule has 0 atom stereocenters. The molecule has 0 aliphatic heterocycles. The van der Waals surface area contributed by atoms with Crippen molar-refractivity contribution < 1.29 is 27.6 Å². The lowest BCUT2D eigenvalue weighted by molar-refractivity contribution is 0.0941. The third-order valence-electron chi connectivity index (χ3n) is 3.85. The van der Waals surface area contributed by atoms with E-state index in [4.69, 9.17) is 14.0 Å². The van der Waals surface area contributed by atoms with Gasteiger partial charge in [-0.2, -0.15) is 0 Å². The summed E-state index contributed by atoms with van der Waals surface area (Å²) in [6.07, 6.45) is 0. The molecule has 6 nitrogen and oxygen atoms in total. The number of benzene rings is 2. The molecule has 8 heteroatoms. The van der Waals surface area contributed by atoms with Gasteiger partial charge in [0.25, 0.3) is 5.91 Å². The van der Waals surface area contributed by atoms with Crippen molar-refractivity contribution >= 4 is 5.91 Å². The van der Waals surface area contributed by atoms with Crippen molar-refractivity contribution in [2.45, 2.75) is 6.54 Å². The Morgan fingerprint density at radius 2 is 1.78 bits per heavy atom. The lowest BCUT2D eigenvalue weighted by atomic mass is 10.1. The summed E-state index contributed by atoms with van der Waals surface area (Å²) >= 11 is 0. The standard InChI is InChI=1S/C19H16F2N2O4/c1-25-15-7-6-11(8-17(15)26-2)16-9-12(23-27-16)10-22-19(24)18-13(20)4-3-5-14(18)21/h3-9H,10H2,1-2H3,(H,22,24). The zero-order chi connectivity index (χ0) is 19.4. The number of carbonyl (C=O) groups excluding carboxylic acids is 1. The quantitative estimate of drug-likeness (QED) is 0.714. The van der Waals surface area contributed by atoms with E-state index in [-0.39, 0.29) is 6.54 Å². The average molecular weight is 374 g/mol. The van der Waals surface area contributed by atoms with Crippen LogP contribution in [0.25, 0.3) is 11.3 Å². The number of halogens is 2. The first-order chi connectivity index (χ1) is 13.0. The Balaban J connectivity index is 1.72. The van der Waals surface area contributed by atoms with Crippen LogP contribution in [0.15, 0.2) is 47.0 Å². The fourth-order valence-electron chi connectivity index (χ4n) is 2.49. The lowest BCUT2D eigenvalue weighted by Crippen LogP contribution is -2.25. The van der Waals surface area contributed by atoms with Gasteiger partial charge in [-0.3, -0.25) is 4.79 Å². The highest BCUT2D eigenvalue weighted by Gasteiger charge is 2.17. The second-order valence-corrected chi connectivity index (χ2v) is 5.53. The van der Waals surface area contributed by atoms with Crippen LogP contribution in [0.5, 0.6) is 11.5 Å². The number of ether oxygens (including phenoxy) is 2. The molecule has 0 saturated carbocycles. The van der Waals surface area contributed by atoms with Crippen LogP contribution >= 0.6 is 0 Å². The molecule has 2 aromatic carbocycles. The Bertz CT molecular complexity index is 952. The Kier molecular flexibility index (Phi) is 5.35. The van der Waals surface area contributed by atoms with Crippen molar-refractivity contribution in [1.82, 2.24) is 10.5 Å². The topological polar surface area (TPSA) is 73.6 Å². The summed E-state index contributed by atoms with van der Waals surface area (Å²) in [6, 6.07) is 10.0. The summed E-state index contributed by atoms with van der Waals surface area (Å²) in [5.41, 5.74) is 0.448. The Hall–Kier alpha value is -3.42. The maximum Gasteiger partial charge on any atom is 0.257 e. The van der Waals surface area contributed by atoms with Gasteiger partial charge >= 0.3 is 0 Å². The first kappa shape index (κ1) is 18.4. The molecule has 0 radical (unpaired) electrons. The fraction of sp³-hybridized carbons (Fsp3) is 0.158. The first-order valence-corrected chi connectivity index (χ1v) is 7.93. The van der Waals surface area contributed by atoms with E-state index in [9.17, 15) is 13.6 Å². The molecule has 3 aromatic rings. The number of nitrogens with one attached hydrogen (secondary N) is 1. The van der Waals surface area contributed by atoms with Crippen LogP contribution in [0.4, 0.5) is 8.78 Å². The van der Waals surface area contributed by atoms with Crippen molar-refractivity contribution in [3.63, 3.8) is 0 Å². The van der Waals surface area contributed by atoms with Crippen LogP contribution in [0.1, 0.15) is 16.1 Å². The number of hydrogen-bond donors (Lipinski definition) is 1. The van der Waals surface area contributed by atoms with E-state index in [0.717, 1.165) is 12.1 Å². The van der Waals surface area contributed by atoms with Gasteiger partial charge in [-0.25, -0.2) is 8.78 Å². The monoisotopic (exact) mass is 374 g/mol. The van der Waals surface area contributed by atoms with Crippen LogP contribution in [0.2, 0.25) is 0 Å².